The molecule has 168 valence electrons. The molecule has 0 saturated carbocycles. The fraction of sp³-hybridized carbons (Fsp3) is 0.435. The van der Waals surface area contributed by atoms with Crippen LogP contribution in [-0.2, 0) is 17.8 Å². The summed E-state index contributed by atoms with van der Waals surface area (Å²) < 4.78 is 40.4. The van der Waals surface area contributed by atoms with Gasteiger partial charge in [0.2, 0.25) is 5.91 Å². The molecule has 1 N–H and O–H groups in total. The molecule has 0 bridgehead atoms. The minimum absolute atomic E-state index is 0.129. The van der Waals surface area contributed by atoms with E-state index in [2.05, 4.69) is 44.1 Å². The van der Waals surface area contributed by atoms with Crippen LogP contribution >= 0.6 is 0 Å². The van der Waals surface area contributed by atoms with Crippen LogP contribution in [0.3, 0.4) is 0 Å². The number of carbonyl (C=O) groups excluding carboxylic acids is 1. The Morgan fingerprint density at radius 3 is 2.19 bits per heavy atom. The molecular weight excluding hydrogens is 407 g/mol. The zero-order valence-corrected chi connectivity index (χ0v) is 17.4. The molecule has 2 aromatic carbocycles. The van der Waals surface area contributed by atoms with Gasteiger partial charge in [0.05, 0.1) is 6.42 Å². The summed E-state index contributed by atoms with van der Waals surface area (Å²) in [7, 11) is 0. The average molecular weight is 435 g/mol. The molecule has 0 aliphatic carbocycles. The highest BCUT2D eigenvalue weighted by Gasteiger charge is 2.30. The van der Waals surface area contributed by atoms with Crippen LogP contribution in [0.25, 0.3) is 0 Å². The Morgan fingerprint density at radius 1 is 0.903 bits per heavy atom. The number of amides is 1. The van der Waals surface area contributed by atoms with E-state index in [9.17, 15) is 18.0 Å². The number of rotatable bonds is 9. The molecule has 1 saturated heterocycles. The summed E-state index contributed by atoms with van der Waals surface area (Å²) in [6.45, 7) is 6.61. The maximum Gasteiger partial charge on any atom is 0.573 e. The van der Waals surface area contributed by atoms with Gasteiger partial charge < -0.3 is 15.0 Å². The first-order valence-corrected chi connectivity index (χ1v) is 10.5. The molecule has 0 aromatic heterocycles. The van der Waals surface area contributed by atoms with Gasteiger partial charge in [0.15, 0.2) is 0 Å². The number of nitrogens with one attached hydrogen (secondary N) is 1. The molecule has 1 amide bonds. The average Bonchev–Trinajstić information content (AvgIpc) is 2.73. The van der Waals surface area contributed by atoms with Crippen molar-refractivity contribution in [2.45, 2.75) is 25.7 Å². The number of alkyl halides is 3. The molecule has 0 spiro atoms. The second kappa shape index (κ2) is 11.2. The van der Waals surface area contributed by atoms with Gasteiger partial charge in [-0.05, 0) is 36.2 Å². The van der Waals surface area contributed by atoms with Crippen LogP contribution in [0.2, 0.25) is 0 Å². The van der Waals surface area contributed by atoms with E-state index in [0.29, 0.717) is 12.1 Å². The van der Waals surface area contributed by atoms with Crippen LogP contribution in [0.4, 0.5) is 13.2 Å². The van der Waals surface area contributed by atoms with Crippen LogP contribution < -0.4 is 10.1 Å². The lowest BCUT2D eigenvalue weighted by Crippen LogP contribution is -2.46. The fourth-order valence-electron chi connectivity index (χ4n) is 3.60. The summed E-state index contributed by atoms with van der Waals surface area (Å²) in [5.74, 6) is -0.433. The molecule has 5 nitrogen and oxygen atoms in total. The monoisotopic (exact) mass is 435 g/mol. The minimum Gasteiger partial charge on any atom is -0.406 e. The number of hydrogen-bond acceptors (Lipinski definition) is 4. The Labute approximate surface area is 180 Å². The van der Waals surface area contributed by atoms with Crippen molar-refractivity contribution in [2.24, 2.45) is 0 Å². The quantitative estimate of drug-likeness (QED) is 0.613. The summed E-state index contributed by atoms with van der Waals surface area (Å²) >= 11 is 0. The van der Waals surface area contributed by atoms with Crippen LogP contribution in [0.1, 0.15) is 17.5 Å². The number of piperazine rings is 1. The van der Waals surface area contributed by atoms with Gasteiger partial charge in [-0.1, -0.05) is 42.5 Å². The van der Waals surface area contributed by atoms with E-state index in [4.69, 9.17) is 0 Å². The number of nitrogens with zero attached hydrogens (tertiary/aromatic N) is 2. The van der Waals surface area contributed by atoms with Gasteiger partial charge in [-0.15, -0.1) is 13.2 Å². The van der Waals surface area contributed by atoms with Crippen molar-refractivity contribution >= 4 is 5.91 Å². The van der Waals surface area contributed by atoms with E-state index in [0.717, 1.165) is 45.7 Å². The van der Waals surface area contributed by atoms with Gasteiger partial charge in [-0.2, -0.15) is 0 Å². The zero-order chi connectivity index (χ0) is 22.1. The molecule has 1 aliphatic heterocycles. The highest BCUT2D eigenvalue weighted by molar-refractivity contribution is 5.78. The minimum atomic E-state index is -4.71. The van der Waals surface area contributed by atoms with Crippen molar-refractivity contribution in [2.75, 3.05) is 39.3 Å². The normalized spacial score (nSPS) is 15.6. The second-order valence-electron chi connectivity index (χ2n) is 7.68. The number of carbonyl (C=O) groups is 1. The van der Waals surface area contributed by atoms with Gasteiger partial charge in [0.25, 0.3) is 0 Å². The predicted molar refractivity (Wildman–Crippen MR) is 113 cm³/mol. The third-order valence-corrected chi connectivity index (χ3v) is 5.21. The van der Waals surface area contributed by atoms with E-state index in [1.54, 1.807) is 0 Å². The van der Waals surface area contributed by atoms with Crippen molar-refractivity contribution < 1.29 is 22.7 Å². The number of ether oxygens (including phenoxy) is 1. The van der Waals surface area contributed by atoms with Crippen molar-refractivity contribution in [3.63, 3.8) is 0 Å². The van der Waals surface area contributed by atoms with Crippen LogP contribution in [0.5, 0.6) is 5.75 Å². The lowest BCUT2D eigenvalue weighted by molar-refractivity contribution is -0.274. The van der Waals surface area contributed by atoms with Crippen molar-refractivity contribution in [3.05, 3.63) is 65.7 Å². The Kier molecular flexibility index (Phi) is 8.31. The third kappa shape index (κ3) is 8.59. The van der Waals surface area contributed by atoms with Gasteiger partial charge in [0, 0.05) is 39.3 Å². The van der Waals surface area contributed by atoms with E-state index in [-0.39, 0.29) is 18.1 Å². The maximum atomic E-state index is 12.2. The Hall–Kier alpha value is -2.58. The van der Waals surface area contributed by atoms with Gasteiger partial charge >= 0.3 is 6.36 Å². The lowest BCUT2D eigenvalue weighted by atomic mass is 10.1. The van der Waals surface area contributed by atoms with Crippen LogP contribution in [0, 0.1) is 0 Å². The van der Waals surface area contributed by atoms with E-state index in [1.807, 2.05) is 6.07 Å². The molecule has 2 aromatic rings. The molecule has 0 unspecified atom stereocenters. The van der Waals surface area contributed by atoms with Crippen molar-refractivity contribution in [3.8, 4) is 5.75 Å². The SMILES string of the molecule is O=C(Cc1ccc(OC(F)(F)F)cc1)NCCCN1CCN(Cc2ccccc2)CC1. The molecule has 1 heterocycles. The Balaban J connectivity index is 1.27. The molecule has 0 atom stereocenters. The van der Waals surface area contributed by atoms with Crippen molar-refractivity contribution in [1.29, 1.82) is 0 Å². The largest absolute Gasteiger partial charge is 0.573 e. The van der Waals surface area contributed by atoms with Gasteiger partial charge in [0.1, 0.15) is 5.75 Å². The van der Waals surface area contributed by atoms with Crippen LogP contribution in [-0.4, -0.2) is 61.3 Å². The van der Waals surface area contributed by atoms with E-state index < -0.39 is 6.36 Å². The first-order chi connectivity index (χ1) is 14.9. The summed E-state index contributed by atoms with van der Waals surface area (Å²) in [4.78, 5) is 16.9. The number of benzene rings is 2. The second-order valence-corrected chi connectivity index (χ2v) is 7.68. The topological polar surface area (TPSA) is 44.8 Å². The molecule has 1 aliphatic rings. The lowest BCUT2D eigenvalue weighted by Gasteiger charge is -2.34. The highest BCUT2D eigenvalue weighted by Crippen LogP contribution is 2.22. The summed E-state index contributed by atoms with van der Waals surface area (Å²) in [6, 6.07) is 15.8. The zero-order valence-electron chi connectivity index (χ0n) is 17.4. The highest BCUT2D eigenvalue weighted by atomic mass is 19.4. The Morgan fingerprint density at radius 2 is 1.55 bits per heavy atom. The maximum absolute atomic E-state index is 12.2. The first kappa shape index (κ1) is 23.1. The van der Waals surface area contributed by atoms with E-state index in [1.165, 1.54) is 29.8 Å². The molecule has 0 radical (unpaired) electrons. The molecular formula is C23H28F3N3O2. The Bertz CT molecular complexity index is 805. The first-order valence-electron chi connectivity index (χ1n) is 10.5. The molecule has 31 heavy (non-hydrogen) atoms. The number of hydrogen-bond donors (Lipinski definition) is 1. The molecule has 8 heteroatoms. The van der Waals surface area contributed by atoms with Crippen molar-refractivity contribution in [1.82, 2.24) is 15.1 Å². The third-order valence-electron chi connectivity index (χ3n) is 5.21. The summed E-state index contributed by atoms with van der Waals surface area (Å²) in [5, 5.41) is 2.88. The van der Waals surface area contributed by atoms with Gasteiger partial charge in [-0.3, -0.25) is 9.69 Å². The van der Waals surface area contributed by atoms with E-state index >= 15 is 0 Å². The molecule has 1 fully saturated rings. The fourth-order valence-corrected chi connectivity index (χ4v) is 3.60. The van der Waals surface area contributed by atoms with Gasteiger partial charge in [-0.25, -0.2) is 0 Å². The predicted octanol–water partition coefficient (Wildman–Crippen LogP) is 3.45. The van der Waals surface area contributed by atoms with Crippen LogP contribution in [0.15, 0.2) is 54.6 Å². The number of halogens is 3. The molecule has 3 rings (SSSR count). The summed E-state index contributed by atoms with van der Waals surface area (Å²) in [6.07, 6.45) is -3.72. The standard InChI is InChI=1S/C23H28F3N3O2/c24-23(25,26)31-21-9-7-19(8-10-21)17-22(30)27-11-4-12-28-13-15-29(16-14-28)18-20-5-2-1-3-6-20/h1-3,5-10H,4,11-18H2,(H,27,30). The summed E-state index contributed by atoms with van der Waals surface area (Å²) in [5.41, 5.74) is 1.97. The smallest absolute Gasteiger partial charge is 0.406 e.